The van der Waals surface area contributed by atoms with Crippen LogP contribution in [-0.4, -0.2) is 10.9 Å². The number of rotatable bonds is 5. The van der Waals surface area contributed by atoms with Gasteiger partial charge in [-0.3, -0.25) is 4.79 Å². The number of amides is 1. The van der Waals surface area contributed by atoms with Crippen LogP contribution in [0.1, 0.15) is 56.0 Å². The Bertz CT molecular complexity index is 363. The molecule has 94 valence electrons. The van der Waals surface area contributed by atoms with Crippen LogP contribution in [0.3, 0.4) is 0 Å². The molecule has 0 fully saturated rings. The van der Waals surface area contributed by atoms with Gasteiger partial charge in [-0.15, -0.1) is 11.3 Å². The lowest BCUT2D eigenvalue weighted by Gasteiger charge is -2.06. The Labute approximate surface area is 107 Å². The topological polar surface area (TPSA) is 42.0 Å². The molecule has 0 aliphatic heterocycles. The molecule has 17 heavy (non-hydrogen) atoms. The number of fused-ring (bicyclic) bond motifs is 1. The molecular weight excluding hydrogens is 232 g/mol. The molecule has 0 atom stereocenters. The van der Waals surface area contributed by atoms with Crippen molar-refractivity contribution in [1.29, 1.82) is 0 Å². The number of nitrogens with zero attached hydrogens (tertiary/aromatic N) is 1. The lowest BCUT2D eigenvalue weighted by Crippen LogP contribution is -2.10. The predicted octanol–water partition coefficient (Wildman–Crippen LogP) is 3.54. The number of unbranched alkanes of at least 4 members (excludes halogenated alkanes) is 2. The van der Waals surface area contributed by atoms with Crippen LogP contribution in [-0.2, 0) is 17.6 Å². The quantitative estimate of drug-likeness (QED) is 0.814. The van der Waals surface area contributed by atoms with Crippen LogP contribution >= 0.6 is 11.3 Å². The third-order valence-electron chi connectivity index (χ3n) is 3.10. The number of carbonyl (C=O) groups excluding carboxylic acids is 1. The molecule has 1 aliphatic rings. The first-order valence-corrected chi connectivity index (χ1v) is 7.39. The number of anilines is 1. The Morgan fingerprint density at radius 1 is 1.35 bits per heavy atom. The summed E-state index contributed by atoms with van der Waals surface area (Å²) in [5.74, 6) is 0.115. The van der Waals surface area contributed by atoms with Crippen molar-refractivity contribution in [2.45, 2.75) is 58.3 Å². The van der Waals surface area contributed by atoms with E-state index in [0.717, 1.165) is 37.2 Å². The molecule has 1 aliphatic carbocycles. The van der Waals surface area contributed by atoms with E-state index in [1.54, 1.807) is 11.3 Å². The van der Waals surface area contributed by atoms with E-state index < -0.39 is 0 Å². The van der Waals surface area contributed by atoms with Crippen molar-refractivity contribution in [3.8, 4) is 0 Å². The maximum atomic E-state index is 11.7. The maximum absolute atomic E-state index is 11.7. The fourth-order valence-electron chi connectivity index (χ4n) is 2.12. The zero-order valence-electron chi connectivity index (χ0n) is 10.4. The van der Waals surface area contributed by atoms with Crippen molar-refractivity contribution in [3.63, 3.8) is 0 Å². The summed E-state index contributed by atoms with van der Waals surface area (Å²) < 4.78 is 0. The monoisotopic (exact) mass is 252 g/mol. The molecule has 0 bridgehead atoms. The lowest BCUT2D eigenvalue weighted by atomic mass is 10.0. The fraction of sp³-hybridized carbons (Fsp3) is 0.692. The Hall–Kier alpha value is -0.900. The van der Waals surface area contributed by atoms with Crippen molar-refractivity contribution in [3.05, 3.63) is 10.6 Å². The maximum Gasteiger partial charge on any atom is 0.226 e. The molecule has 1 heterocycles. The molecule has 3 nitrogen and oxygen atoms in total. The summed E-state index contributed by atoms with van der Waals surface area (Å²) in [4.78, 5) is 17.5. The Morgan fingerprint density at radius 3 is 2.94 bits per heavy atom. The molecule has 0 aromatic carbocycles. The SMILES string of the molecule is CCCCCC(=O)Nc1nc2c(s1)CCCC2. The van der Waals surface area contributed by atoms with E-state index in [1.165, 1.54) is 23.4 Å². The molecule has 2 rings (SSSR count). The Balaban J connectivity index is 1.86. The normalized spacial score (nSPS) is 14.4. The summed E-state index contributed by atoms with van der Waals surface area (Å²) in [5.41, 5.74) is 1.21. The summed E-state index contributed by atoms with van der Waals surface area (Å²) in [6.45, 7) is 2.15. The van der Waals surface area contributed by atoms with E-state index in [9.17, 15) is 4.79 Å². The second kappa shape index (κ2) is 6.15. The van der Waals surface area contributed by atoms with E-state index >= 15 is 0 Å². The molecule has 0 spiro atoms. The summed E-state index contributed by atoms with van der Waals surface area (Å²) >= 11 is 1.66. The van der Waals surface area contributed by atoms with Gasteiger partial charge in [0.05, 0.1) is 5.69 Å². The standard InChI is InChI=1S/C13H20N2OS/c1-2-3-4-9-12(16)15-13-14-10-7-5-6-8-11(10)17-13/h2-9H2,1H3,(H,14,15,16). The summed E-state index contributed by atoms with van der Waals surface area (Å²) in [6.07, 6.45) is 8.60. The fourth-order valence-corrected chi connectivity index (χ4v) is 3.19. The van der Waals surface area contributed by atoms with Gasteiger partial charge in [-0.25, -0.2) is 4.98 Å². The number of nitrogens with one attached hydrogen (secondary N) is 1. The highest BCUT2D eigenvalue weighted by Gasteiger charge is 2.15. The minimum Gasteiger partial charge on any atom is -0.302 e. The van der Waals surface area contributed by atoms with Gasteiger partial charge in [-0.2, -0.15) is 0 Å². The minimum atomic E-state index is 0.115. The first-order valence-electron chi connectivity index (χ1n) is 6.58. The zero-order valence-corrected chi connectivity index (χ0v) is 11.2. The van der Waals surface area contributed by atoms with Gasteiger partial charge < -0.3 is 5.32 Å². The van der Waals surface area contributed by atoms with E-state index in [2.05, 4.69) is 17.2 Å². The highest BCUT2D eigenvalue weighted by Crippen LogP contribution is 2.29. The van der Waals surface area contributed by atoms with Crippen molar-refractivity contribution in [2.75, 3.05) is 5.32 Å². The third kappa shape index (κ3) is 3.53. The van der Waals surface area contributed by atoms with E-state index in [4.69, 9.17) is 0 Å². The lowest BCUT2D eigenvalue weighted by molar-refractivity contribution is -0.116. The van der Waals surface area contributed by atoms with Gasteiger partial charge >= 0.3 is 0 Å². The first-order chi connectivity index (χ1) is 8.29. The Kier molecular flexibility index (Phi) is 4.54. The second-order valence-corrected chi connectivity index (χ2v) is 5.68. The van der Waals surface area contributed by atoms with E-state index in [1.807, 2.05) is 0 Å². The highest BCUT2D eigenvalue weighted by atomic mass is 32.1. The van der Waals surface area contributed by atoms with Crippen molar-refractivity contribution in [2.24, 2.45) is 0 Å². The summed E-state index contributed by atoms with van der Waals surface area (Å²) in [5, 5.41) is 3.73. The number of hydrogen-bond donors (Lipinski definition) is 1. The molecule has 1 N–H and O–H groups in total. The van der Waals surface area contributed by atoms with Gasteiger partial charge in [0.2, 0.25) is 5.91 Å². The molecule has 0 saturated heterocycles. The summed E-state index contributed by atoms with van der Waals surface area (Å²) in [6, 6.07) is 0. The van der Waals surface area contributed by atoms with Crippen LogP contribution in [0.5, 0.6) is 0 Å². The molecule has 0 unspecified atom stereocenters. The molecule has 4 heteroatoms. The van der Waals surface area contributed by atoms with Crippen molar-refractivity contribution < 1.29 is 4.79 Å². The van der Waals surface area contributed by atoms with Crippen LogP contribution in [0.25, 0.3) is 0 Å². The van der Waals surface area contributed by atoms with Crippen LogP contribution in [0.15, 0.2) is 0 Å². The molecule has 1 aromatic heterocycles. The minimum absolute atomic E-state index is 0.115. The van der Waals surface area contributed by atoms with E-state index in [-0.39, 0.29) is 5.91 Å². The van der Waals surface area contributed by atoms with Crippen LogP contribution in [0, 0.1) is 0 Å². The van der Waals surface area contributed by atoms with Gasteiger partial charge in [-0.05, 0) is 32.1 Å². The number of hydrogen-bond acceptors (Lipinski definition) is 3. The number of carbonyl (C=O) groups is 1. The van der Waals surface area contributed by atoms with Gasteiger partial charge in [0, 0.05) is 11.3 Å². The Morgan fingerprint density at radius 2 is 2.18 bits per heavy atom. The first kappa shape index (κ1) is 12.6. The van der Waals surface area contributed by atoms with Crippen molar-refractivity contribution in [1.82, 2.24) is 4.98 Å². The van der Waals surface area contributed by atoms with Crippen LogP contribution in [0.4, 0.5) is 5.13 Å². The van der Waals surface area contributed by atoms with Gasteiger partial charge in [-0.1, -0.05) is 19.8 Å². The number of aryl methyl sites for hydroxylation is 2. The highest BCUT2D eigenvalue weighted by molar-refractivity contribution is 7.15. The van der Waals surface area contributed by atoms with Crippen LogP contribution in [0.2, 0.25) is 0 Å². The predicted molar refractivity (Wildman–Crippen MR) is 71.5 cm³/mol. The number of aromatic nitrogens is 1. The zero-order chi connectivity index (χ0) is 12.1. The van der Waals surface area contributed by atoms with Crippen LogP contribution < -0.4 is 5.32 Å². The van der Waals surface area contributed by atoms with Gasteiger partial charge in [0.15, 0.2) is 5.13 Å². The third-order valence-corrected chi connectivity index (χ3v) is 4.17. The van der Waals surface area contributed by atoms with Gasteiger partial charge in [0.1, 0.15) is 0 Å². The largest absolute Gasteiger partial charge is 0.302 e. The second-order valence-electron chi connectivity index (χ2n) is 4.60. The average molecular weight is 252 g/mol. The summed E-state index contributed by atoms with van der Waals surface area (Å²) in [7, 11) is 0. The van der Waals surface area contributed by atoms with Gasteiger partial charge in [0.25, 0.3) is 0 Å². The molecule has 1 amide bonds. The molecule has 1 aromatic rings. The number of thiazole rings is 1. The van der Waals surface area contributed by atoms with E-state index in [0.29, 0.717) is 6.42 Å². The van der Waals surface area contributed by atoms with Crippen molar-refractivity contribution >= 4 is 22.4 Å². The molecule has 0 saturated carbocycles. The molecular formula is C13H20N2OS. The smallest absolute Gasteiger partial charge is 0.226 e. The molecule has 0 radical (unpaired) electrons. The average Bonchev–Trinajstić information content (AvgIpc) is 2.71.